The van der Waals surface area contributed by atoms with Crippen molar-refractivity contribution < 1.29 is 9.90 Å². The van der Waals surface area contributed by atoms with E-state index >= 15 is 0 Å². The number of carboxylic acids is 1. The summed E-state index contributed by atoms with van der Waals surface area (Å²) in [5, 5.41) is 15.7. The summed E-state index contributed by atoms with van der Waals surface area (Å²) in [4.78, 5) is 14.7. The van der Waals surface area contributed by atoms with Gasteiger partial charge in [-0.05, 0) is 31.0 Å². The predicted molar refractivity (Wildman–Crippen MR) is 62.5 cm³/mol. The van der Waals surface area contributed by atoms with Crippen LogP contribution in [-0.4, -0.2) is 26.3 Å². The number of nitrogens with zero attached hydrogens (tertiary/aromatic N) is 2. The monoisotopic (exact) mass is 231 g/mol. The molecule has 17 heavy (non-hydrogen) atoms. The van der Waals surface area contributed by atoms with Crippen LogP contribution in [0.1, 0.15) is 17.7 Å². The van der Waals surface area contributed by atoms with Crippen molar-refractivity contribution in [2.45, 2.75) is 19.8 Å². The van der Waals surface area contributed by atoms with E-state index in [9.17, 15) is 4.79 Å². The Bertz CT molecular complexity index is 520. The number of rotatable bonds is 4. The van der Waals surface area contributed by atoms with E-state index in [1.807, 2.05) is 25.1 Å². The predicted octanol–water partition coefficient (Wildman–Crippen LogP) is 1.80. The van der Waals surface area contributed by atoms with E-state index in [4.69, 9.17) is 5.11 Å². The largest absolute Gasteiger partial charge is 0.481 e. The average Bonchev–Trinajstić information content (AvgIpc) is 2.69. The van der Waals surface area contributed by atoms with Gasteiger partial charge in [-0.2, -0.15) is 5.10 Å². The Kier molecular flexibility index (Phi) is 3.18. The van der Waals surface area contributed by atoms with Crippen LogP contribution in [0.4, 0.5) is 0 Å². The van der Waals surface area contributed by atoms with Gasteiger partial charge in [-0.3, -0.25) is 14.9 Å². The molecule has 0 spiro atoms. The first kappa shape index (κ1) is 11.3. The molecule has 2 aromatic rings. The minimum atomic E-state index is -0.807. The molecule has 0 bridgehead atoms. The summed E-state index contributed by atoms with van der Waals surface area (Å²) >= 11 is 0. The van der Waals surface area contributed by atoms with E-state index in [0.29, 0.717) is 6.42 Å². The van der Waals surface area contributed by atoms with Gasteiger partial charge in [-0.1, -0.05) is 6.07 Å². The molecule has 2 aromatic heterocycles. The Labute approximate surface area is 98.5 Å². The zero-order chi connectivity index (χ0) is 12.3. The van der Waals surface area contributed by atoms with Crippen molar-refractivity contribution in [1.82, 2.24) is 15.2 Å². The van der Waals surface area contributed by atoms with Crippen LogP contribution in [-0.2, 0) is 11.2 Å². The van der Waals surface area contributed by atoms with Crippen LogP contribution in [0.5, 0.6) is 0 Å². The lowest BCUT2D eigenvalue weighted by atomic mass is 10.1. The van der Waals surface area contributed by atoms with Crippen LogP contribution in [0.3, 0.4) is 0 Å². The quantitative estimate of drug-likeness (QED) is 0.840. The van der Waals surface area contributed by atoms with E-state index in [1.165, 1.54) is 0 Å². The highest BCUT2D eigenvalue weighted by molar-refractivity contribution is 5.67. The van der Waals surface area contributed by atoms with E-state index in [-0.39, 0.29) is 6.42 Å². The van der Waals surface area contributed by atoms with E-state index in [0.717, 1.165) is 22.6 Å². The fourth-order valence-corrected chi connectivity index (χ4v) is 1.66. The Morgan fingerprint density at radius 3 is 2.94 bits per heavy atom. The van der Waals surface area contributed by atoms with Crippen molar-refractivity contribution in [1.29, 1.82) is 0 Å². The van der Waals surface area contributed by atoms with E-state index in [2.05, 4.69) is 15.2 Å². The highest BCUT2D eigenvalue weighted by atomic mass is 16.4. The molecule has 0 unspecified atom stereocenters. The number of pyridine rings is 1. The molecule has 0 aromatic carbocycles. The Hall–Kier alpha value is -2.17. The number of carboxylic acid groups (broad SMARTS) is 1. The summed E-state index contributed by atoms with van der Waals surface area (Å²) in [7, 11) is 0. The lowest BCUT2D eigenvalue weighted by Gasteiger charge is -1.98. The Morgan fingerprint density at radius 2 is 2.29 bits per heavy atom. The number of carbonyl (C=O) groups is 1. The second-order valence-corrected chi connectivity index (χ2v) is 3.78. The maximum Gasteiger partial charge on any atom is 0.303 e. The molecule has 0 aliphatic carbocycles. The van der Waals surface area contributed by atoms with Crippen LogP contribution in [0, 0.1) is 6.92 Å². The van der Waals surface area contributed by atoms with Crippen molar-refractivity contribution >= 4 is 5.97 Å². The third kappa shape index (κ3) is 2.50. The molecule has 2 N–H and O–H groups in total. The molecule has 0 saturated carbocycles. The van der Waals surface area contributed by atoms with Gasteiger partial charge in [0.2, 0.25) is 0 Å². The number of nitrogens with one attached hydrogen (secondary N) is 1. The molecular formula is C12H13N3O2. The highest BCUT2D eigenvalue weighted by Gasteiger charge is 2.12. The minimum Gasteiger partial charge on any atom is -0.481 e. The third-order valence-corrected chi connectivity index (χ3v) is 2.61. The maximum atomic E-state index is 10.5. The summed E-state index contributed by atoms with van der Waals surface area (Å²) in [6.07, 6.45) is 2.27. The Balaban J connectivity index is 2.24. The lowest BCUT2D eigenvalue weighted by molar-refractivity contribution is -0.136. The van der Waals surface area contributed by atoms with Gasteiger partial charge >= 0.3 is 5.97 Å². The first-order valence-corrected chi connectivity index (χ1v) is 5.35. The maximum absolute atomic E-state index is 10.5. The Morgan fingerprint density at radius 1 is 1.47 bits per heavy atom. The molecular weight excluding hydrogens is 218 g/mol. The third-order valence-electron chi connectivity index (χ3n) is 2.61. The summed E-state index contributed by atoms with van der Waals surface area (Å²) in [6, 6.07) is 5.62. The van der Waals surface area contributed by atoms with Gasteiger partial charge in [0.1, 0.15) is 5.69 Å². The van der Waals surface area contributed by atoms with Crippen molar-refractivity contribution in [2.75, 3.05) is 0 Å². The van der Waals surface area contributed by atoms with Gasteiger partial charge in [-0.15, -0.1) is 0 Å². The van der Waals surface area contributed by atoms with Crippen LogP contribution in [0.2, 0.25) is 0 Å². The van der Waals surface area contributed by atoms with Crippen molar-refractivity contribution in [3.05, 3.63) is 35.7 Å². The number of aromatic amines is 1. The molecule has 0 atom stereocenters. The van der Waals surface area contributed by atoms with Crippen LogP contribution in [0.15, 0.2) is 24.4 Å². The first-order valence-electron chi connectivity index (χ1n) is 5.35. The SMILES string of the molecule is Cc1c(-c2ccccn2)n[nH]c1CCC(=O)O. The van der Waals surface area contributed by atoms with Gasteiger partial charge in [-0.25, -0.2) is 0 Å². The smallest absolute Gasteiger partial charge is 0.303 e. The highest BCUT2D eigenvalue weighted by Crippen LogP contribution is 2.21. The van der Waals surface area contributed by atoms with Crippen LogP contribution in [0.25, 0.3) is 11.4 Å². The zero-order valence-electron chi connectivity index (χ0n) is 9.47. The molecule has 88 valence electrons. The topological polar surface area (TPSA) is 78.9 Å². The van der Waals surface area contributed by atoms with E-state index < -0.39 is 5.97 Å². The molecule has 5 nitrogen and oxygen atoms in total. The molecule has 0 radical (unpaired) electrons. The van der Waals surface area contributed by atoms with E-state index in [1.54, 1.807) is 6.20 Å². The fraction of sp³-hybridized carbons (Fsp3) is 0.250. The summed E-state index contributed by atoms with van der Waals surface area (Å²) in [5.41, 5.74) is 3.40. The van der Waals surface area contributed by atoms with Gasteiger partial charge in [0.25, 0.3) is 0 Å². The average molecular weight is 231 g/mol. The van der Waals surface area contributed by atoms with Crippen molar-refractivity contribution in [3.63, 3.8) is 0 Å². The van der Waals surface area contributed by atoms with Crippen LogP contribution >= 0.6 is 0 Å². The first-order chi connectivity index (χ1) is 8.18. The molecule has 2 rings (SSSR count). The van der Waals surface area contributed by atoms with Gasteiger partial charge in [0.05, 0.1) is 12.1 Å². The molecule has 2 heterocycles. The van der Waals surface area contributed by atoms with Crippen molar-refractivity contribution in [2.24, 2.45) is 0 Å². The second-order valence-electron chi connectivity index (χ2n) is 3.78. The number of hydrogen-bond acceptors (Lipinski definition) is 3. The lowest BCUT2D eigenvalue weighted by Crippen LogP contribution is -1.98. The standard InChI is InChI=1S/C12H13N3O2/c1-8-9(5-6-11(16)17)14-15-12(8)10-4-2-3-7-13-10/h2-4,7H,5-6H2,1H3,(H,14,15)(H,16,17). The van der Waals surface area contributed by atoms with Crippen molar-refractivity contribution in [3.8, 4) is 11.4 Å². The summed E-state index contributed by atoms with van der Waals surface area (Å²) in [6.45, 7) is 1.92. The number of hydrogen-bond donors (Lipinski definition) is 2. The zero-order valence-corrected chi connectivity index (χ0v) is 9.47. The molecule has 5 heteroatoms. The fourth-order valence-electron chi connectivity index (χ4n) is 1.66. The molecule has 0 aliphatic rings. The number of H-pyrrole nitrogens is 1. The van der Waals surface area contributed by atoms with Gasteiger partial charge < -0.3 is 5.11 Å². The molecule has 0 saturated heterocycles. The molecule has 0 fully saturated rings. The summed E-state index contributed by atoms with van der Waals surface area (Å²) < 4.78 is 0. The molecule has 0 amide bonds. The second kappa shape index (κ2) is 4.78. The van der Waals surface area contributed by atoms with Gasteiger partial charge in [0.15, 0.2) is 0 Å². The normalized spacial score (nSPS) is 10.4. The number of aliphatic carboxylic acids is 1. The number of aromatic nitrogens is 3. The van der Waals surface area contributed by atoms with Gasteiger partial charge in [0, 0.05) is 11.9 Å². The summed E-state index contributed by atoms with van der Waals surface area (Å²) in [5.74, 6) is -0.807. The molecule has 0 aliphatic heterocycles. The number of aryl methyl sites for hydroxylation is 1. The van der Waals surface area contributed by atoms with Crippen LogP contribution < -0.4 is 0 Å². The minimum absolute atomic E-state index is 0.102.